The minimum Gasteiger partial charge on any atom is -0.388 e. The van der Waals surface area contributed by atoms with Crippen LogP contribution in [0.2, 0.25) is 0 Å². The zero-order chi connectivity index (χ0) is 14.0. The Labute approximate surface area is 114 Å². The molecule has 2 rings (SSSR count). The Bertz CT molecular complexity index is 483. The Morgan fingerprint density at radius 3 is 2.84 bits per heavy atom. The summed E-state index contributed by atoms with van der Waals surface area (Å²) in [6.07, 6.45) is 0.640. The topological polar surface area (TPSA) is 52.6 Å². The SMILES string of the molecule is CCNc1ccc(C)cc1C(=O)N1CCC(C)(O)C1. The predicted molar refractivity (Wildman–Crippen MR) is 76.5 cm³/mol. The van der Waals surface area contributed by atoms with E-state index in [1.54, 1.807) is 11.8 Å². The molecule has 1 unspecified atom stereocenters. The summed E-state index contributed by atoms with van der Waals surface area (Å²) in [4.78, 5) is 14.3. The van der Waals surface area contributed by atoms with Crippen LogP contribution < -0.4 is 5.32 Å². The van der Waals surface area contributed by atoms with E-state index in [0.29, 0.717) is 25.1 Å². The van der Waals surface area contributed by atoms with E-state index in [1.807, 2.05) is 32.0 Å². The van der Waals surface area contributed by atoms with Crippen molar-refractivity contribution in [3.05, 3.63) is 29.3 Å². The van der Waals surface area contributed by atoms with Crippen molar-refractivity contribution < 1.29 is 9.90 Å². The molecule has 4 nitrogen and oxygen atoms in total. The Morgan fingerprint density at radius 1 is 1.53 bits per heavy atom. The zero-order valence-electron chi connectivity index (χ0n) is 11.9. The van der Waals surface area contributed by atoms with E-state index in [4.69, 9.17) is 0 Å². The number of β-amino-alcohol motifs (C(OH)–C–C–N with tert-alkyl or cyclic N) is 1. The molecule has 104 valence electrons. The fourth-order valence-electron chi connectivity index (χ4n) is 2.47. The monoisotopic (exact) mass is 262 g/mol. The molecule has 0 radical (unpaired) electrons. The summed E-state index contributed by atoms with van der Waals surface area (Å²) in [5, 5.41) is 13.2. The lowest BCUT2D eigenvalue weighted by Crippen LogP contribution is -2.34. The number of nitrogens with one attached hydrogen (secondary N) is 1. The lowest BCUT2D eigenvalue weighted by atomic mass is 10.1. The van der Waals surface area contributed by atoms with Crippen molar-refractivity contribution in [3.63, 3.8) is 0 Å². The second-order valence-electron chi connectivity index (χ2n) is 5.55. The summed E-state index contributed by atoms with van der Waals surface area (Å²) in [5.74, 6) is -0.00238. The lowest BCUT2D eigenvalue weighted by Gasteiger charge is -2.21. The Morgan fingerprint density at radius 2 is 2.26 bits per heavy atom. The van der Waals surface area contributed by atoms with E-state index in [-0.39, 0.29) is 5.91 Å². The van der Waals surface area contributed by atoms with Crippen LogP contribution in [0.25, 0.3) is 0 Å². The van der Waals surface area contributed by atoms with Gasteiger partial charge in [0.05, 0.1) is 11.2 Å². The van der Waals surface area contributed by atoms with Crippen LogP contribution in [0.15, 0.2) is 18.2 Å². The van der Waals surface area contributed by atoms with Gasteiger partial charge in [-0.15, -0.1) is 0 Å². The molecule has 1 fully saturated rings. The van der Waals surface area contributed by atoms with Crippen molar-refractivity contribution in [2.45, 2.75) is 32.8 Å². The van der Waals surface area contributed by atoms with Gasteiger partial charge in [0.25, 0.3) is 5.91 Å². The molecule has 4 heteroatoms. The molecule has 1 atom stereocenters. The minimum absolute atomic E-state index is 0.00238. The number of nitrogens with zero attached hydrogens (tertiary/aromatic N) is 1. The molecule has 0 aliphatic carbocycles. The van der Waals surface area contributed by atoms with Crippen LogP contribution in [0.3, 0.4) is 0 Å². The van der Waals surface area contributed by atoms with Gasteiger partial charge in [-0.25, -0.2) is 0 Å². The van der Waals surface area contributed by atoms with Gasteiger partial charge >= 0.3 is 0 Å². The first-order valence-corrected chi connectivity index (χ1v) is 6.79. The first-order chi connectivity index (χ1) is 8.93. The average Bonchev–Trinajstić information content (AvgIpc) is 2.71. The molecule has 1 aliphatic heterocycles. The first-order valence-electron chi connectivity index (χ1n) is 6.79. The largest absolute Gasteiger partial charge is 0.388 e. The summed E-state index contributed by atoms with van der Waals surface area (Å²) in [6.45, 7) is 7.57. The molecule has 2 N–H and O–H groups in total. The summed E-state index contributed by atoms with van der Waals surface area (Å²) in [5.41, 5.74) is 1.87. The van der Waals surface area contributed by atoms with Crippen LogP contribution in [0, 0.1) is 6.92 Å². The van der Waals surface area contributed by atoms with Crippen LogP contribution in [0.4, 0.5) is 5.69 Å². The number of rotatable bonds is 3. The number of carbonyl (C=O) groups excluding carboxylic acids is 1. The highest BCUT2D eigenvalue weighted by Crippen LogP contribution is 2.25. The molecular weight excluding hydrogens is 240 g/mol. The second kappa shape index (κ2) is 5.21. The van der Waals surface area contributed by atoms with Crippen molar-refractivity contribution in [1.29, 1.82) is 0 Å². The highest BCUT2D eigenvalue weighted by atomic mass is 16.3. The fourth-order valence-corrected chi connectivity index (χ4v) is 2.47. The molecule has 0 bridgehead atoms. The van der Waals surface area contributed by atoms with E-state index in [2.05, 4.69) is 5.32 Å². The average molecular weight is 262 g/mol. The number of benzene rings is 1. The molecule has 1 aromatic carbocycles. The van der Waals surface area contributed by atoms with Gasteiger partial charge in [0.15, 0.2) is 0 Å². The van der Waals surface area contributed by atoms with Gasteiger partial charge in [0, 0.05) is 25.3 Å². The normalized spacial score (nSPS) is 22.6. The third kappa shape index (κ3) is 3.07. The van der Waals surface area contributed by atoms with Gasteiger partial charge in [-0.05, 0) is 39.3 Å². The number of hydrogen-bond donors (Lipinski definition) is 2. The van der Waals surface area contributed by atoms with Crippen LogP contribution in [0.1, 0.15) is 36.2 Å². The molecule has 1 amide bonds. The summed E-state index contributed by atoms with van der Waals surface area (Å²) >= 11 is 0. The lowest BCUT2D eigenvalue weighted by molar-refractivity contribution is 0.0572. The Balaban J connectivity index is 2.25. The molecule has 0 spiro atoms. The third-order valence-corrected chi connectivity index (χ3v) is 3.51. The third-order valence-electron chi connectivity index (χ3n) is 3.51. The maximum absolute atomic E-state index is 12.6. The molecule has 0 aromatic heterocycles. The summed E-state index contributed by atoms with van der Waals surface area (Å²) < 4.78 is 0. The Hall–Kier alpha value is -1.55. The van der Waals surface area contributed by atoms with Gasteiger partial charge in [-0.1, -0.05) is 11.6 Å². The number of anilines is 1. The molecule has 1 aliphatic rings. The van der Waals surface area contributed by atoms with Crippen molar-refractivity contribution in [2.24, 2.45) is 0 Å². The van der Waals surface area contributed by atoms with E-state index in [9.17, 15) is 9.90 Å². The number of likely N-dealkylation sites (tertiary alicyclic amines) is 1. The standard InChI is InChI=1S/C15H22N2O2/c1-4-16-13-6-5-11(2)9-12(13)14(18)17-8-7-15(3,19)10-17/h5-6,9,16,19H,4,7-8,10H2,1-3H3. The van der Waals surface area contributed by atoms with Gasteiger partial charge < -0.3 is 15.3 Å². The van der Waals surface area contributed by atoms with Gasteiger partial charge in [0.1, 0.15) is 0 Å². The number of carbonyl (C=O) groups is 1. The molecule has 1 aromatic rings. The van der Waals surface area contributed by atoms with E-state index >= 15 is 0 Å². The first kappa shape index (κ1) is 13.9. The number of aliphatic hydroxyl groups is 1. The predicted octanol–water partition coefficient (Wildman–Crippen LogP) is 2.02. The maximum Gasteiger partial charge on any atom is 0.256 e. The van der Waals surface area contributed by atoms with Gasteiger partial charge in [-0.3, -0.25) is 4.79 Å². The Kier molecular flexibility index (Phi) is 3.80. The van der Waals surface area contributed by atoms with Gasteiger partial charge in [0.2, 0.25) is 0 Å². The fraction of sp³-hybridized carbons (Fsp3) is 0.533. The smallest absolute Gasteiger partial charge is 0.256 e. The van der Waals surface area contributed by atoms with Crippen LogP contribution in [-0.2, 0) is 0 Å². The van der Waals surface area contributed by atoms with Crippen molar-refractivity contribution in [1.82, 2.24) is 4.90 Å². The van der Waals surface area contributed by atoms with E-state index in [0.717, 1.165) is 17.8 Å². The highest BCUT2D eigenvalue weighted by molar-refractivity contribution is 6.00. The number of aryl methyl sites for hydroxylation is 1. The zero-order valence-corrected chi connectivity index (χ0v) is 11.9. The van der Waals surface area contributed by atoms with Crippen LogP contribution >= 0.6 is 0 Å². The van der Waals surface area contributed by atoms with Crippen LogP contribution in [-0.4, -0.2) is 41.1 Å². The van der Waals surface area contributed by atoms with E-state index in [1.165, 1.54) is 0 Å². The highest BCUT2D eigenvalue weighted by Gasteiger charge is 2.34. The molecule has 1 heterocycles. The van der Waals surface area contributed by atoms with Crippen LogP contribution in [0.5, 0.6) is 0 Å². The second-order valence-corrected chi connectivity index (χ2v) is 5.55. The summed E-state index contributed by atoms with van der Waals surface area (Å²) in [6, 6.07) is 5.85. The molecule has 1 saturated heterocycles. The minimum atomic E-state index is -0.752. The van der Waals surface area contributed by atoms with Crippen molar-refractivity contribution in [2.75, 3.05) is 25.0 Å². The number of hydrogen-bond acceptors (Lipinski definition) is 3. The van der Waals surface area contributed by atoms with Crippen molar-refractivity contribution >= 4 is 11.6 Å². The van der Waals surface area contributed by atoms with E-state index < -0.39 is 5.60 Å². The summed E-state index contributed by atoms with van der Waals surface area (Å²) in [7, 11) is 0. The molecule has 19 heavy (non-hydrogen) atoms. The maximum atomic E-state index is 12.6. The number of amides is 1. The van der Waals surface area contributed by atoms with Gasteiger partial charge in [-0.2, -0.15) is 0 Å². The molecule has 0 saturated carbocycles. The quantitative estimate of drug-likeness (QED) is 0.876. The van der Waals surface area contributed by atoms with Crippen molar-refractivity contribution in [3.8, 4) is 0 Å². The molecular formula is C15H22N2O2.